The van der Waals surface area contributed by atoms with Gasteiger partial charge in [0.25, 0.3) is 0 Å². The zero-order valence-electron chi connectivity index (χ0n) is 12.7. The topological polar surface area (TPSA) is 12.0 Å². The first-order chi connectivity index (χ1) is 10.3. The number of nitrogens with one attached hydrogen (secondary N) is 1. The van der Waals surface area contributed by atoms with Crippen molar-refractivity contribution in [3.8, 4) is 0 Å². The summed E-state index contributed by atoms with van der Waals surface area (Å²) >= 11 is 2.40. The van der Waals surface area contributed by atoms with Crippen molar-refractivity contribution in [2.45, 2.75) is 38.6 Å². The van der Waals surface area contributed by atoms with Crippen LogP contribution in [0.2, 0.25) is 0 Å². The number of rotatable bonds is 8. The first kappa shape index (κ1) is 16.5. The Morgan fingerprint density at radius 3 is 2.57 bits per heavy atom. The van der Waals surface area contributed by atoms with Crippen LogP contribution in [0.15, 0.2) is 54.6 Å². The molecule has 1 N–H and O–H groups in total. The smallest absolute Gasteiger partial charge is 0.0320 e. The van der Waals surface area contributed by atoms with Crippen LogP contribution >= 0.6 is 22.6 Å². The van der Waals surface area contributed by atoms with Gasteiger partial charge in [0.05, 0.1) is 0 Å². The third kappa shape index (κ3) is 5.79. The lowest BCUT2D eigenvalue weighted by molar-refractivity contribution is 0.484. The number of hydrogen-bond donors (Lipinski definition) is 1. The summed E-state index contributed by atoms with van der Waals surface area (Å²) in [6, 6.07) is 20.1. The van der Waals surface area contributed by atoms with Crippen molar-refractivity contribution >= 4 is 22.6 Å². The van der Waals surface area contributed by atoms with E-state index in [9.17, 15) is 0 Å². The average Bonchev–Trinajstić information content (AvgIpc) is 2.51. The molecule has 21 heavy (non-hydrogen) atoms. The zero-order valence-corrected chi connectivity index (χ0v) is 14.8. The molecular formula is C19H24IN. The van der Waals surface area contributed by atoms with E-state index in [1.54, 1.807) is 0 Å². The maximum atomic E-state index is 3.70. The number of hydrogen-bond acceptors (Lipinski definition) is 1. The van der Waals surface area contributed by atoms with E-state index in [1.165, 1.54) is 34.0 Å². The highest BCUT2D eigenvalue weighted by Crippen LogP contribution is 2.21. The molecule has 0 amide bonds. The molecule has 0 aliphatic rings. The lowest BCUT2D eigenvalue weighted by Gasteiger charge is -2.19. The van der Waals surface area contributed by atoms with E-state index in [4.69, 9.17) is 0 Å². The SMILES string of the molecule is CCCNC(CCCc1ccccc1)c1cccc(I)c1. The third-order valence-corrected chi connectivity index (χ3v) is 4.36. The van der Waals surface area contributed by atoms with Crippen LogP contribution in [0.3, 0.4) is 0 Å². The molecule has 0 saturated heterocycles. The summed E-state index contributed by atoms with van der Waals surface area (Å²) in [5.74, 6) is 0. The molecule has 0 aliphatic heterocycles. The molecule has 0 spiro atoms. The Labute approximate surface area is 142 Å². The van der Waals surface area contributed by atoms with Gasteiger partial charge in [-0.3, -0.25) is 0 Å². The van der Waals surface area contributed by atoms with Crippen molar-refractivity contribution < 1.29 is 0 Å². The van der Waals surface area contributed by atoms with E-state index in [-0.39, 0.29) is 0 Å². The Kier molecular flexibility index (Phi) is 7.24. The van der Waals surface area contributed by atoms with Crippen LogP contribution in [0.1, 0.15) is 43.4 Å². The predicted octanol–water partition coefficient (Wildman–Crippen LogP) is 5.35. The molecule has 1 nitrogen and oxygen atoms in total. The second-order valence-electron chi connectivity index (χ2n) is 5.44. The Morgan fingerprint density at radius 1 is 1.05 bits per heavy atom. The van der Waals surface area contributed by atoms with Gasteiger partial charge in [0.2, 0.25) is 0 Å². The van der Waals surface area contributed by atoms with Gasteiger partial charge >= 0.3 is 0 Å². The lowest BCUT2D eigenvalue weighted by atomic mass is 9.99. The number of aryl methyl sites for hydroxylation is 1. The molecular weight excluding hydrogens is 369 g/mol. The van der Waals surface area contributed by atoms with Gasteiger partial charge in [-0.1, -0.05) is 49.4 Å². The quantitative estimate of drug-likeness (QED) is 0.596. The first-order valence-corrected chi connectivity index (χ1v) is 8.90. The minimum absolute atomic E-state index is 0.475. The van der Waals surface area contributed by atoms with Crippen molar-refractivity contribution in [3.63, 3.8) is 0 Å². The summed E-state index contributed by atoms with van der Waals surface area (Å²) < 4.78 is 1.32. The van der Waals surface area contributed by atoms with Gasteiger partial charge in [-0.2, -0.15) is 0 Å². The summed E-state index contributed by atoms with van der Waals surface area (Å²) in [5.41, 5.74) is 2.86. The van der Waals surface area contributed by atoms with Crippen molar-refractivity contribution in [2.75, 3.05) is 6.54 Å². The predicted molar refractivity (Wildman–Crippen MR) is 99.6 cm³/mol. The number of benzene rings is 2. The molecule has 0 heterocycles. The standard InChI is InChI=1S/C19H24IN/c1-2-14-21-19(17-11-7-12-18(20)15-17)13-6-10-16-8-4-3-5-9-16/h3-5,7-9,11-12,15,19,21H,2,6,10,13-14H2,1H3. The zero-order chi connectivity index (χ0) is 14.9. The largest absolute Gasteiger partial charge is 0.310 e. The van der Waals surface area contributed by atoms with Crippen LogP contribution in [0.5, 0.6) is 0 Å². The van der Waals surface area contributed by atoms with Gasteiger partial charge in [0, 0.05) is 9.61 Å². The second-order valence-corrected chi connectivity index (χ2v) is 6.69. The summed E-state index contributed by atoms with van der Waals surface area (Å²) in [4.78, 5) is 0. The second kappa shape index (κ2) is 9.21. The fourth-order valence-electron chi connectivity index (χ4n) is 2.58. The maximum absolute atomic E-state index is 3.70. The summed E-state index contributed by atoms with van der Waals surface area (Å²) in [6.45, 7) is 3.31. The van der Waals surface area contributed by atoms with Gasteiger partial charge in [0.1, 0.15) is 0 Å². The molecule has 0 aromatic heterocycles. The fourth-order valence-corrected chi connectivity index (χ4v) is 3.15. The average molecular weight is 393 g/mol. The highest BCUT2D eigenvalue weighted by Gasteiger charge is 2.10. The van der Waals surface area contributed by atoms with Crippen LogP contribution < -0.4 is 5.32 Å². The van der Waals surface area contributed by atoms with Crippen LogP contribution in [-0.4, -0.2) is 6.54 Å². The fraction of sp³-hybridized carbons (Fsp3) is 0.368. The molecule has 0 saturated carbocycles. The molecule has 2 aromatic carbocycles. The monoisotopic (exact) mass is 393 g/mol. The molecule has 2 rings (SSSR count). The van der Waals surface area contributed by atoms with Gasteiger partial charge in [-0.25, -0.2) is 0 Å². The van der Waals surface area contributed by atoms with Crippen molar-refractivity contribution in [3.05, 3.63) is 69.3 Å². The lowest BCUT2D eigenvalue weighted by Crippen LogP contribution is -2.22. The molecule has 2 aromatic rings. The summed E-state index contributed by atoms with van der Waals surface area (Å²) in [6.07, 6.45) is 4.75. The van der Waals surface area contributed by atoms with Gasteiger partial charge in [0.15, 0.2) is 0 Å². The van der Waals surface area contributed by atoms with Crippen LogP contribution in [0.4, 0.5) is 0 Å². The molecule has 1 atom stereocenters. The van der Waals surface area contributed by atoms with E-state index in [0.717, 1.165) is 13.0 Å². The minimum atomic E-state index is 0.475. The van der Waals surface area contributed by atoms with Crippen LogP contribution in [-0.2, 0) is 6.42 Å². The maximum Gasteiger partial charge on any atom is 0.0320 e. The van der Waals surface area contributed by atoms with Crippen molar-refractivity contribution in [1.82, 2.24) is 5.32 Å². The third-order valence-electron chi connectivity index (χ3n) is 3.69. The summed E-state index contributed by atoms with van der Waals surface area (Å²) in [5, 5.41) is 3.70. The summed E-state index contributed by atoms with van der Waals surface area (Å²) in [7, 11) is 0. The highest BCUT2D eigenvalue weighted by atomic mass is 127. The molecule has 0 fully saturated rings. The van der Waals surface area contributed by atoms with E-state index < -0.39 is 0 Å². The first-order valence-electron chi connectivity index (χ1n) is 7.82. The molecule has 2 heteroatoms. The molecule has 0 radical (unpaired) electrons. The molecule has 0 bridgehead atoms. The van der Waals surface area contributed by atoms with Crippen molar-refractivity contribution in [1.29, 1.82) is 0 Å². The van der Waals surface area contributed by atoms with Crippen LogP contribution in [0.25, 0.3) is 0 Å². The Balaban J connectivity index is 1.93. The van der Waals surface area contributed by atoms with Gasteiger partial charge < -0.3 is 5.32 Å². The van der Waals surface area contributed by atoms with Crippen LogP contribution in [0, 0.1) is 3.57 Å². The van der Waals surface area contributed by atoms with Gasteiger partial charge in [-0.15, -0.1) is 0 Å². The number of halogens is 1. The van der Waals surface area contributed by atoms with Gasteiger partial charge in [-0.05, 0) is 78.1 Å². The van der Waals surface area contributed by atoms with E-state index in [1.807, 2.05) is 0 Å². The Bertz CT molecular complexity index is 524. The minimum Gasteiger partial charge on any atom is -0.310 e. The molecule has 0 aliphatic carbocycles. The molecule has 112 valence electrons. The Morgan fingerprint density at radius 2 is 1.86 bits per heavy atom. The Hall–Kier alpha value is -0.870. The van der Waals surface area contributed by atoms with E-state index in [2.05, 4.69) is 89.4 Å². The van der Waals surface area contributed by atoms with E-state index >= 15 is 0 Å². The highest BCUT2D eigenvalue weighted by molar-refractivity contribution is 14.1. The van der Waals surface area contributed by atoms with E-state index in [0.29, 0.717) is 6.04 Å². The normalized spacial score (nSPS) is 12.3. The van der Waals surface area contributed by atoms with Crippen molar-refractivity contribution in [2.24, 2.45) is 0 Å². The molecule has 1 unspecified atom stereocenters.